The van der Waals surface area contributed by atoms with Gasteiger partial charge in [-0.05, 0) is 37.5 Å². The van der Waals surface area contributed by atoms with Gasteiger partial charge in [-0.2, -0.15) is 0 Å². The van der Waals surface area contributed by atoms with E-state index in [-0.39, 0.29) is 11.7 Å². The maximum atomic E-state index is 12.3. The molecule has 0 aliphatic heterocycles. The fourth-order valence-electron chi connectivity index (χ4n) is 3.16. The quantitative estimate of drug-likeness (QED) is 0.300. The van der Waals surface area contributed by atoms with Crippen LogP contribution in [0.25, 0.3) is 0 Å². The van der Waals surface area contributed by atoms with Crippen LogP contribution in [0.1, 0.15) is 46.0 Å². The second-order valence-corrected chi connectivity index (χ2v) is 5.95. The molecule has 2 aliphatic carbocycles. The first-order valence-electron chi connectivity index (χ1n) is 6.82. The summed E-state index contributed by atoms with van der Waals surface area (Å²) in [6.07, 6.45) is 4.75. The zero-order valence-electron chi connectivity index (χ0n) is 11.1. The van der Waals surface area contributed by atoms with Crippen molar-refractivity contribution in [3.63, 3.8) is 0 Å². The van der Waals surface area contributed by atoms with Crippen LogP contribution < -0.4 is 11.1 Å². The molecule has 1 amide bonds. The minimum Gasteiger partial charge on any atom is -0.409 e. The lowest BCUT2D eigenvalue weighted by Gasteiger charge is -2.43. The lowest BCUT2D eigenvalue weighted by atomic mass is 9.61. The van der Waals surface area contributed by atoms with Gasteiger partial charge in [0, 0.05) is 6.04 Å². The molecule has 0 aromatic heterocycles. The van der Waals surface area contributed by atoms with Gasteiger partial charge in [-0.25, -0.2) is 0 Å². The molecule has 0 radical (unpaired) electrons. The van der Waals surface area contributed by atoms with Crippen LogP contribution in [0.2, 0.25) is 0 Å². The molecule has 0 saturated heterocycles. The van der Waals surface area contributed by atoms with Crippen molar-refractivity contribution in [2.24, 2.45) is 28.1 Å². The molecule has 2 fully saturated rings. The van der Waals surface area contributed by atoms with E-state index in [9.17, 15) is 4.79 Å². The molecular weight excluding hydrogens is 230 g/mol. The molecule has 2 atom stereocenters. The van der Waals surface area contributed by atoms with Crippen LogP contribution in [0.3, 0.4) is 0 Å². The second-order valence-electron chi connectivity index (χ2n) is 5.95. The van der Waals surface area contributed by atoms with Crippen molar-refractivity contribution in [3.8, 4) is 0 Å². The monoisotopic (exact) mass is 253 g/mol. The van der Waals surface area contributed by atoms with Crippen molar-refractivity contribution in [2.75, 3.05) is 0 Å². The molecule has 4 N–H and O–H groups in total. The zero-order valence-corrected chi connectivity index (χ0v) is 11.1. The summed E-state index contributed by atoms with van der Waals surface area (Å²) in [4.78, 5) is 12.3. The SMILES string of the molecule is CCCC1CC1NC(=O)C1(C(N)=NO)CC(C)C1. The normalized spacial score (nSPS) is 39.0. The van der Waals surface area contributed by atoms with E-state index in [0.29, 0.717) is 30.7 Å². The average molecular weight is 253 g/mol. The third-order valence-corrected chi connectivity index (χ3v) is 4.33. The van der Waals surface area contributed by atoms with E-state index in [1.165, 1.54) is 0 Å². The molecule has 5 nitrogen and oxygen atoms in total. The number of amides is 1. The first-order chi connectivity index (χ1) is 8.53. The number of hydrogen-bond acceptors (Lipinski definition) is 3. The topological polar surface area (TPSA) is 87.7 Å². The van der Waals surface area contributed by atoms with Crippen molar-refractivity contribution in [1.29, 1.82) is 0 Å². The molecule has 2 unspecified atom stereocenters. The van der Waals surface area contributed by atoms with Crippen molar-refractivity contribution in [3.05, 3.63) is 0 Å². The molecular formula is C13H23N3O2. The fourth-order valence-corrected chi connectivity index (χ4v) is 3.16. The lowest BCUT2D eigenvalue weighted by Crippen LogP contribution is -2.57. The molecule has 2 rings (SSSR count). The Labute approximate surface area is 108 Å². The molecule has 102 valence electrons. The summed E-state index contributed by atoms with van der Waals surface area (Å²) in [5.41, 5.74) is 4.95. The Morgan fingerprint density at radius 1 is 1.56 bits per heavy atom. The van der Waals surface area contributed by atoms with Crippen LogP contribution in [0.4, 0.5) is 0 Å². The molecule has 0 aromatic rings. The number of hydrogen-bond donors (Lipinski definition) is 3. The summed E-state index contributed by atoms with van der Waals surface area (Å²) >= 11 is 0. The molecule has 5 heteroatoms. The van der Waals surface area contributed by atoms with Crippen molar-refractivity contribution in [2.45, 2.75) is 52.0 Å². The van der Waals surface area contributed by atoms with E-state index in [4.69, 9.17) is 10.9 Å². The Morgan fingerprint density at radius 3 is 2.72 bits per heavy atom. The Bertz CT molecular complexity index is 361. The highest BCUT2D eigenvalue weighted by Crippen LogP contribution is 2.47. The van der Waals surface area contributed by atoms with Crippen LogP contribution in [0.5, 0.6) is 0 Å². The van der Waals surface area contributed by atoms with Crippen LogP contribution in [0.15, 0.2) is 5.16 Å². The highest BCUT2D eigenvalue weighted by atomic mass is 16.4. The summed E-state index contributed by atoms with van der Waals surface area (Å²) in [5.74, 6) is 1.09. The first-order valence-corrected chi connectivity index (χ1v) is 6.82. The fraction of sp³-hybridized carbons (Fsp3) is 0.846. The molecule has 2 saturated carbocycles. The van der Waals surface area contributed by atoms with Crippen molar-refractivity contribution < 1.29 is 10.0 Å². The Kier molecular flexibility index (Phi) is 3.50. The minimum absolute atomic E-state index is 0.0560. The van der Waals surface area contributed by atoms with Crippen LogP contribution >= 0.6 is 0 Å². The predicted molar refractivity (Wildman–Crippen MR) is 69.2 cm³/mol. The minimum atomic E-state index is -0.756. The molecule has 18 heavy (non-hydrogen) atoms. The first kappa shape index (κ1) is 13.2. The van der Waals surface area contributed by atoms with Gasteiger partial charge in [-0.3, -0.25) is 4.79 Å². The summed E-state index contributed by atoms with van der Waals surface area (Å²) in [5, 5.41) is 15.0. The number of carbonyl (C=O) groups excluding carboxylic acids is 1. The summed E-state index contributed by atoms with van der Waals surface area (Å²) in [7, 11) is 0. The number of nitrogens with zero attached hydrogens (tertiary/aromatic N) is 1. The van der Waals surface area contributed by atoms with Gasteiger partial charge < -0.3 is 16.3 Å². The van der Waals surface area contributed by atoms with Crippen molar-refractivity contribution in [1.82, 2.24) is 5.32 Å². The van der Waals surface area contributed by atoms with E-state index in [1.54, 1.807) is 0 Å². The zero-order chi connectivity index (χ0) is 13.3. The van der Waals surface area contributed by atoms with Gasteiger partial charge in [0.1, 0.15) is 5.41 Å². The number of nitrogens with two attached hydrogens (primary N) is 1. The number of amidine groups is 1. The van der Waals surface area contributed by atoms with E-state index >= 15 is 0 Å². The average Bonchev–Trinajstić information content (AvgIpc) is 3.02. The Morgan fingerprint density at radius 2 is 2.22 bits per heavy atom. The predicted octanol–water partition coefficient (Wildman–Crippen LogP) is 1.45. The van der Waals surface area contributed by atoms with Gasteiger partial charge in [0.25, 0.3) is 0 Å². The highest BCUT2D eigenvalue weighted by molar-refractivity contribution is 6.07. The van der Waals surface area contributed by atoms with Gasteiger partial charge in [-0.1, -0.05) is 25.4 Å². The Balaban J connectivity index is 1.95. The molecule has 2 aliphatic rings. The van der Waals surface area contributed by atoms with Gasteiger partial charge in [-0.15, -0.1) is 0 Å². The molecule has 0 heterocycles. The third-order valence-electron chi connectivity index (χ3n) is 4.33. The van der Waals surface area contributed by atoms with E-state index in [0.717, 1.165) is 19.3 Å². The number of nitrogens with one attached hydrogen (secondary N) is 1. The molecule has 0 aromatic carbocycles. The number of rotatable bonds is 5. The smallest absolute Gasteiger partial charge is 0.234 e. The highest BCUT2D eigenvalue weighted by Gasteiger charge is 2.53. The van der Waals surface area contributed by atoms with Crippen LogP contribution in [0, 0.1) is 17.3 Å². The summed E-state index contributed by atoms with van der Waals surface area (Å²) in [6, 6.07) is 0.303. The number of oxime groups is 1. The van der Waals surface area contributed by atoms with Gasteiger partial charge in [0.2, 0.25) is 5.91 Å². The second kappa shape index (κ2) is 4.78. The van der Waals surface area contributed by atoms with E-state index in [1.807, 2.05) is 0 Å². The maximum Gasteiger partial charge on any atom is 0.234 e. The van der Waals surface area contributed by atoms with Crippen LogP contribution in [-0.4, -0.2) is 23.0 Å². The standard InChI is InChI=1S/C13H23N3O2/c1-3-4-9-5-10(9)15-12(17)13(11(14)16-18)6-8(2)7-13/h8-10,18H,3-7H2,1-2H3,(H2,14,16)(H,15,17). The molecule has 0 bridgehead atoms. The van der Waals surface area contributed by atoms with Gasteiger partial charge >= 0.3 is 0 Å². The van der Waals surface area contributed by atoms with Gasteiger partial charge in [0.15, 0.2) is 5.84 Å². The van der Waals surface area contributed by atoms with Gasteiger partial charge in [0.05, 0.1) is 0 Å². The number of carbonyl (C=O) groups is 1. The third kappa shape index (κ3) is 2.18. The van der Waals surface area contributed by atoms with Crippen LogP contribution in [-0.2, 0) is 4.79 Å². The lowest BCUT2D eigenvalue weighted by molar-refractivity contribution is -0.133. The van der Waals surface area contributed by atoms with Crippen molar-refractivity contribution >= 4 is 11.7 Å². The maximum absolute atomic E-state index is 12.3. The summed E-state index contributed by atoms with van der Waals surface area (Å²) < 4.78 is 0. The molecule has 0 spiro atoms. The van der Waals surface area contributed by atoms with E-state index < -0.39 is 5.41 Å². The Hall–Kier alpha value is -1.26. The van der Waals surface area contributed by atoms with E-state index in [2.05, 4.69) is 24.3 Å². The summed E-state index contributed by atoms with van der Waals surface area (Å²) in [6.45, 7) is 4.23. The largest absolute Gasteiger partial charge is 0.409 e.